The number of aromatic nitrogens is 1. The third-order valence-corrected chi connectivity index (χ3v) is 3.26. The number of nitrogens with two attached hydrogens (primary N) is 1. The van der Waals surface area contributed by atoms with E-state index in [1.54, 1.807) is 17.0 Å². The van der Waals surface area contributed by atoms with Gasteiger partial charge in [-0.05, 0) is 31.0 Å². The van der Waals surface area contributed by atoms with Crippen LogP contribution in [0, 0.1) is 13.8 Å². The number of hydrogen-bond acceptors (Lipinski definition) is 4. The van der Waals surface area contributed by atoms with Crippen molar-refractivity contribution in [2.75, 3.05) is 11.1 Å². The predicted octanol–water partition coefficient (Wildman–Crippen LogP) is 2.59. The van der Waals surface area contributed by atoms with Crippen LogP contribution in [0.3, 0.4) is 0 Å². The molecule has 0 saturated heterocycles. The summed E-state index contributed by atoms with van der Waals surface area (Å²) in [6.45, 7) is 3.91. The molecule has 0 saturated carbocycles. The van der Waals surface area contributed by atoms with Crippen LogP contribution < -0.4 is 11.1 Å². The van der Waals surface area contributed by atoms with E-state index in [0.29, 0.717) is 17.1 Å². The van der Waals surface area contributed by atoms with Gasteiger partial charge in [0.1, 0.15) is 5.69 Å². The fourth-order valence-corrected chi connectivity index (χ4v) is 2.04. The Kier molecular flexibility index (Phi) is 3.10. The van der Waals surface area contributed by atoms with Crippen LogP contribution in [0.15, 0.2) is 23.0 Å². The second-order valence-corrected chi connectivity index (χ2v) is 4.52. The van der Waals surface area contributed by atoms with E-state index in [0.717, 1.165) is 11.1 Å². The largest absolute Gasteiger partial charge is 0.397 e. The fourth-order valence-electron chi connectivity index (χ4n) is 1.50. The summed E-state index contributed by atoms with van der Waals surface area (Å²) in [4.78, 5) is 15.8. The van der Waals surface area contributed by atoms with Gasteiger partial charge in [0.25, 0.3) is 5.91 Å². The highest BCUT2D eigenvalue weighted by atomic mass is 32.1. The maximum absolute atomic E-state index is 11.9. The standard InChI is InChI=1S/C12H13N3OS/c1-7-3-4-9(13)11(8(7)2)15-12(16)10-5-17-6-14-10/h3-6H,13H2,1-2H3,(H,15,16). The molecule has 1 aromatic carbocycles. The Morgan fingerprint density at radius 2 is 2.18 bits per heavy atom. The van der Waals surface area contributed by atoms with Crippen molar-refractivity contribution in [1.82, 2.24) is 4.98 Å². The molecule has 0 bridgehead atoms. The van der Waals surface area contributed by atoms with Crippen LogP contribution in [0.4, 0.5) is 11.4 Å². The Hall–Kier alpha value is -1.88. The van der Waals surface area contributed by atoms with Crippen molar-refractivity contribution < 1.29 is 4.79 Å². The zero-order chi connectivity index (χ0) is 12.4. The van der Waals surface area contributed by atoms with Crippen molar-refractivity contribution in [1.29, 1.82) is 0 Å². The number of nitrogens with zero attached hydrogens (tertiary/aromatic N) is 1. The molecular formula is C12H13N3OS. The Balaban J connectivity index is 2.31. The maximum Gasteiger partial charge on any atom is 0.275 e. The Morgan fingerprint density at radius 3 is 2.82 bits per heavy atom. The number of hydrogen-bond donors (Lipinski definition) is 2. The summed E-state index contributed by atoms with van der Waals surface area (Å²) >= 11 is 1.39. The predicted molar refractivity (Wildman–Crippen MR) is 70.4 cm³/mol. The molecule has 4 nitrogen and oxygen atoms in total. The van der Waals surface area contributed by atoms with Crippen LogP contribution in [0.2, 0.25) is 0 Å². The first-order valence-corrected chi connectivity index (χ1v) is 6.09. The molecule has 0 spiro atoms. The Morgan fingerprint density at radius 1 is 1.41 bits per heavy atom. The first-order chi connectivity index (χ1) is 8.09. The second-order valence-electron chi connectivity index (χ2n) is 3.80. The van der Waals surface area contributed by atoms with E-state index in [-0.39, 0.29) is 5.91 Å². The van der Waals surface area contributed by atoms with E-state index >= 15 is 0 Å². The molecule has 0 unspecified atom stereocenters. The molecule has 2 aromatic rings. The van der Waals surface area contributed by atoms with E-state index in [1.807, 2.05) is 19.9 Å². The third kappa shape index (κ3) is 2.29. The number of amides is 1. The maximum atomic E-state index is 11.9. The SMILES string of the molecule is Cc1ccc(N)c(NC(=O)c2cscn2)c1C. The van der Waals surface area contributed by atoms with Crippen LogP contribution >= 0.6 is 11.3 Å². The second kappa shape index (κ2) is 4.55. The smallest absolute Gasteiger partial charge is 0.275 e. The molecule has 3 N–H and O–H groups in total. The normalized spacial score (nSPS) is 10.2. The van der Waals surface area contributed by atoms with Gasteiger partial charge >= 0.3 is 0 Å². The Labute approximate surface area is 103 Å². The summed E-state index contributed by atoms with van der Waals surface area (Å²) in [5.41, 5.74) is 11.2. The van der Waals surface area contributed by atoms with Crippen molar-refractivity contribution in [2.45, 2.75) is 13.8 Å². The lowest BCUT2D eigenvalue weighted by molar-refractivity contribution is 0.102. The molecule has 0 radical (unpaired) electrons. The summed E-state index contributed by atoms with van der Waals surface area (Å²) in [7, 11) is 0. The summed E-state index contributed by atoms with van der Waals surface area (Å²) in [6, 6.07) is 3.72. The number of nitrogen functional groups attached to an aromatic ring is 1. The highest BCUT2D eigenvalue weighted by molar-refractivity contribution is 7.07. The van der Waals surface area contributed by atoms with E-state index in [4.69, 9.17) is 5.73 Å². The average Bonchev–Trinajstić information content (AvgIpc) is 2.83. The zero-order valence-corrected chi connectivity index (χ0v) is 10.5. The third-order valence-electron chi connectivity index (χ3n) is 2.67. The fraction of sp³-hybridized carbons (Fsp3) is 0.167. The molecular weight excluding hydrogens is 234 g/mol. The molecule has 0 atom stereocenters. The number of thiazole rings is 1. The number of benzene rings is 1. The molecule has 0 aliphatic carbocycles. The lowest BCUT2D eigenvalue weighted by Crippen LogP contribution is -2.14. The van der Waals surface area contributed by atoms with Crippen LogP contribution in [-0.2, 0) is 0 Å². The summed E-state index contributed by atoms with van der Waals surface area (Å²) in [6.07, 6.45) is 0. The topological polar surface area (TPSA) is 68.0 Å². The number of carbonyl (C=O) groups excluding carboxylic acids is 1. The molecule has 5 heteroatoms. The van der Waals surface area contributed by atoms with E-state index in [1.165, 1.54) is 11.3 Å². The zero-order valence-electron chi connectivity index (χ0n) is 9.65. The number of carbonyl (C=O) groups is 1. The molecule has 88 valence electrons. The number of anilines is 2. The number of aryl methyl sites for hydroxylation is 1. The van der Waals surface area contributed by atoms with E-state index < -0.39 is 0 Å². The lowest BCUT2D eigenvalue weighted by Gasteiger charge is -2.12. The molecule has 0 fully saturated rings. The minimum Gasteiger partial charge on any atom is -0.397 e. The Bertz CT molecular complexity index is 549. The van der Waals surface area contributed by atoms with Crippen LogP contribution in [-0.4, -0.2) is 10.9 Å². The summed E-state index contributed by atoms with van der Waals surface area (Å²) < 4.78 is 0. The first-order valence-electron chi connectivity index (χ1n) is 5.15. The molecule has 1 aromatic heterocycles. The van der Waals surface area contributed by atoms with E-state index in [9.17, 15) is 4.79 Å². The molecule has 0 aliphatic rings. The molecule has 1 heterocycles. The van der Waals surface area contributed by atoms with Crippen LogP contribution in [0.1, 0.15) is 21.6 Å². The van der Waals surface area contributed by atoms with Gasteiger partial charge in [-0.25, -0.2) is 4.98 Å². The van der Waals surface area contributed by atoms with Crippen molar-refractivity contribution in [3.05, 3.63) is 39.8 Å². The number of nitrogens with one attached hydrogen (secondary N) is 1. The first kappa shape index (κ1) is 11.6. The van der Waals surface area contributed by atoms with Gasteiger partial charge in [-0.3, -0.25) is 4.79 Å². The summed E-state index contributed by atoms with van der Waals surface area (Å²) in [5.74, 6) is -0.230. The highest BCUT2D eigenvalue weighted by Gasteiger charge is 2.12. The van der Waals surface area contributed by atoms with Crippen molar-refractivity contribution in [3.8, 4) is 0 Å². The van der Waals surface area contributed by atoms with Gasteiger partial charge in [-0.15, -0.1) is 11.3 Å². The van der Waals surface area contributed by atoms with Gasteiger partial charge in [0, 0.05) is 5.38 Å². The molecule has 17 heavy (non-hydrogen) atoms. The van der Waals surface area contributed by atoms with Gasteiger partial charge in [0.15, 0.2) is 0 Å². The molecule has 0 aliphatic heterocycles. The van der Waals surface area contributed by atoms with Gasteiger partial charge in [0.2, 0.25) is 0 Å². The van der Waals surface area contributed by atoms with Crippen molar-refractivity contribution in [2.24, 2.45) is 0 Å². The molecule has 2 rings (SSSR count). The van der Waals surface area contributed by atoms with Crippen molar-refractivity contribution >= 4 is 28.6 Å². The van der Waals surface area contributed by atoms with Gasteiger partial charge in [-0.1, -0.05) is 6.07 Å². The van der Waals surface area contributed by atoms with Gasteiger partial charge in [-0.2, -0.15) is 0 Å². The molecule has 1 amide bonds. The average molecular weight is 247 g/mol. The van der Waals surface area contributed by atoms with Crippen molar-refractivity contribution in [3.63, 3.8) is 0 Å². The number of rotatable bonds is 2. The van der Waals surface area contributed by atoms with Gasteiger partial charge < -0.3 is 11.1 Å². The highest BCUT2D eigenvalue weighted by Crippen LogP contribution is 2.26. The summed E-state index contributed by atoms with van der Waals surface area (Å²) in [5, 5.41) is 4.51. The lowest BCUT2D eigenvalue weighted by atomic mass is 10.1. The quantitative estimate of drug-likeness (QED) is 0.801. The minimum atomic E-state index is -0.230. The van der Waals surface area contributed by atoms with Crippen LogP contribution in [0.25, 0.3) is 0 Å². The van der Waals surface area contributed by atoms with Gasteiger partial charge in [0.05, 0.1) is 16.9 Å². The monoisotopic (exact) mass is 247 g/mol. The minimum absolute atomic E-state index is 0.230. The van der Waals surface area contributed by atoms with Crippen LogP contribution in [0.5, 0.6) is 0 Å². The van der Waals surface area contributed by atoms with E-state index in [2.05, 4.69) is 10.3 Å².